The molecule has 0 radical (unpaired) electrons. The maximum atomic E-state index is 12.4. The van der Waals surface area contributed by atoms with Crippen molar-refractivity contribution in [2.24, 2.45) is 0 Å². The first-order valence-corrected chi connectivity index (χ1v) is 10.3. The Balaban J connectivity index is 1.75. The minimum atomic E-state index is -2.81. The molecule has 2 unspecified atom stereocenters. The molecular formula is C18H23F2N7OS. The topological polar surface area (TPSA) is 103 Å². The first-order chi connectivity index (χ1) is 14.0. The first-order valence-electron chi connectivity index (χ1n) is 9.05. The van der Waals surface area contributed by atoms with Crippen LogP contribution in [0.25, 0.3) is 17.5 Å². The summed E-state index contributed by atoms with van der Waals surface area (Å²) in [6, 6.07) is 2.00. The Bertz CT molecular complexity index is 860. The Morgan fingerprint density at radius 2 is 2.31 bits per heavy atom. The third-order valence-electron chi connectivity index (χ3n) is 4.60. The highest BCUT2D eigenvalue weighted by molar-refractivity contribution is 7.96. The van der Waals surface area contributed by atoms with Crippen LogP contribution in [0, 0.1) is 5.41 Å². The van der Waals surface area contributed by atoms with Crippen LogP contribution in [0.15, 0.2) is 24.7 Å². The van der Waals surface area contributed by atoms with Crippen molar-refractivity contribution in [1.29, 1.82) is 5.41 Å². The van der Waals surface area contributed by atoms with Crippen molar-refractivity contribution in [2.75, 3.05) is 30.9 Å². The highest BCUT2D eigenvalue weighted by Crippen LogP contribution is 2.24. The zero-order valence-electron chi connectivity index (χ0n) is 16.1. The van der Waals surface area contributed by atoms with Gasteiger partial charge in [-0.3, -0.25) is 10.1 Å². The molecule has 1 aliphatic heterocycles. The number of H-pyrrole nitrogens is 1. The first kappa shape index (κ1) is 21.3. The Hall–Kier alpha value is -2.37. The van der Waals surface area contributed by atoms with E-state index in [9.17, 15) is 8.78 Å². The van der Waals surface area contributed by atoms with E-state index < -0.39 is 12.1 Å². The molecular weight excluding hydrogens is 400 g/mol. The summed E-state index contributed by atoms with van der Waals surface area (Å²) >= 11 is 1.56. The number of aromatic amines is 1. The van der Waals surface area contributed by atoms with E-state index in [-0.39, 0.29) is 12.1 Å². The van der Waals surface area contributed by atoms with Crippen LogP contribution in [0.2, 0.25) is 0 Å². The summed E-state index contributed by atoms with van der Waals surface area (Å²) < 4.78 is 33.9. The molecule has 3 N–H and O–H groups in total. The molecule has 2 aromatic rings. The van der Waals surface area contributed by atoms with E-state index in [1.807, 2.05) is 12.3 Å². The van der Waals surface area contributed by atoms with Crippen LogP contribution in [0.4, 0.5) is 14.6 Å². The van der Waals surface area contributed by atoms with Gasteiger partial charge in [0.1, 0.15) is 18.0 Å². The molecule has 2 aromatic heterocycles. The van der Waals surface area contributed by atoms with Crippen LogP contribution in [-0.4, -0.2) is 70.2 Å². The van der Waals surface area contributed by atoms with E-state index >= 15 is 0 Å². The molecule has 29 heavy (non-hydrogen) atoms. The van der Waals surface area contributed by atoms with E-state index in [0.29, 0.717) is 23.8 Å². The van der Waals surface area contributed by atoms with Crippen LogP contribution in [0.1, 0.15) is 12.7 Å². The van der Waals surface area contributed by atoms with Gasteiger partial charge in [0.25, 0.3) is 6.43 Å². The van der Waals surface area contributed by atoms with E-state index in [1.165, 1.54) is 12.4 Å². The van der Waals surface area contributed by atoms with Crippen molar-refractivity contribution >= 4 is 29.6 Å². The largest absolute Gasteiger partial charge is 0.373 e. The van der Waals surface area contributed by atoms with E-state index in [1.54, 1.807) is 18.1 Å². The number of hydrogen-bond acceptors (Lipinski definition) is 8. The predicted molar refractivity (Wildman–Crippen MR) is 110 cm³/mol. The molecule has 156 valence electrons. The fraction of sp³-hybridized carbons (Fsp3) is 0.444. The molecule has 1 aliphatic rings. The van der Waals surface area contributed by atoms with Crippen molar-refractivity contribution in [1.82, 2.24) is 24.7 Å². The minimum Gasteiger partial charge on any atom is -0.373 e. The summed E-state index contributed by atoms with van der Waals surface area (Å²) in [6.45, 7) is 4.17. The third-order valence-corrected chi connectivity index (χ3v) is 5.05. The zero-order valence-corrected chi connectivity index (χ0v) is 16.9. The second-order valence-corrected chi connectivity index (χ2v) is 7.13. The second kappa shape index (κ2) is 9.90. The average Bonchev–Trinajstić information content (AvgIpc) is 3.20. The van der Waals surface area contributed by atoms with Gasteiger partial charge in [0.05, 0.1) is 42.0 Å². The molecule has 0 amide bonds. The quantitative estimate of drug-likeness (QED) is 0.443. The van der Waals surface area contributed by atoms with Crippen LogP contribution in [-0.2, 0) is 4.74 Å². The third kappa shape index (κ3) is 5.37. The van der Waals surface area contributed by atoms with Crippen molar-refractivity contribution in [2.45, 2.75) is 25.5 Å². The van der Waals surface area contributed by atoms with Gasteiger partial charge in [0.2, 0.25) is 0 Å². The maximum absolute atomic E-state index is 12.4. The number of alkyl halides is 2. The number of aromatic nitrogens is 4. The molecule has 1 fully saturated rings. The van der Waals surface area contributed by atoms with Gasteiger partial charge >= 0.3 is 0 Å². The summed E-state index contributed by atoms with van der Waals surface area (Å²) in [5.74, 6) is 1.15. The van der Waals surface area contributed by atoms with Crippen molar-refractivity contribution in [3.8, 4) is 11.4 Å². The Kier molecular flexibility index (Phi) is 7.29. The number of rotatable bonds is 8. The van der Waals surface area contributed by atoms with Crippen LogP contribution in [0.5, 0.6) is 0 Å². The standard InChI is InChI=1S/C18H23F2N7OS/c1-11-15(9-25-29-2)28-6-5-27(11)17-7-13(23-10-24-17)14-8-22-16(26-14)4-3-12(21)18(19)20/h3-4,7-8,10-11,15,18,21,25H,5-6,9H2,1-2H3,(H,22,26)/b4-3-,21-12?. The number of morpholine rings is 1. The number of ether oxygens (including phenoxy) is 1. The lowest BCUT2D eigenvalue weighted by molar-refractivity contribution is 0.0198. The molecule has 0 aliphatic carbocycles. The average molecular weight is 423 g/mol. The number of nitrogens with zero attached hydrogens (tertiary/aromatic N) is 4. The van der Waals surface area contributed by atoms with Crippen molar-refractivity contribution in [3.63, 3.8) is 0 Å². The van der Waals surface area contributed by atoms with Gasteiger partial charge in [0, 0.05) is 19.2 Å². The fourth-order valence-corrected chi connectivity index (χ4v) is 3.34. The highest BCUT2D eigenvalue weighted by Gasteiger charge is 2.29. The van der Waals surface area contributed by atoms with Gasteiger partial charge in [-0.05, 0) is 25.3 Å². The minimum absolute atomic E-state index is 0.0451. The molecule has 0 saturated carbocycles. The van der Waals surface area contributed by atoms with E-state index in [4.69, 9.17) is 10.1 Å². The van der Waals surface area contributed by atoms with Gasteiger partial charge in [-0.2, -0.15) is 0 Å². The number of hydrogen-bond donors (Lipinski definition) is 3. The summed E-state index contributed by atoms with van der Waals surface area (Å²) in [7, 11) is 0. The molecule has 0 aromatic carbocycles. The Labute approximate surface area is 171 Å². The number of imidazole rings is 1. The molecule has 1 saturated heterocycles. The molecule has 3 heterocycles. The smallest absolute Gasteiger partial charge is 0.279 e. The predicted octanol–water partition coefficient (Wildman–Crippen LogP) is 2.63. The Morgan fingerprint density at radius 1 is 1.48 bits per heavy atom. The highest BCUT2D eigenvalue weighted by atomic mass is 32.2. The van der Waals surface area contributed by atoms with Gasteiger partial charge in [-0.25, -0.2) is 23.7 Å². The number of halogens is 2. The zero-order chi connectivity index (χ0) is 20.8. The van der Waals surface area contributed by atoms with E-state index in [2.05, 4.69) is 36.5 Å². The lowest BCUT2D eigenvalue weighted by Gasteiger charge is -2.40. The summed E-state index contributed by atoms with van der Waals surface area (Å²) in [5, 5.41) is 7.16. The number of allylic oxidation sites excluding steroid dienone is 1. The van der Waals surface area contributed by atoms with Crippen molar-refractivity contribution in [3.05, 3.63) is 30.5 Å². The van der Waals surface area contributed by atoms with Gasteiger partial charge in [0.15, 0.2) is 0 Å². The number of anilines is 1. The van der Waals surface area contributed by atoms with E-state index in [0.717, 1.165) is 25.0 Å². The Morgan fingerprint density at radius 3 is 3.07 bits per heavy atom. The van der Waals surface area contributed by atoms with Gasteiger partial charge < -0.3 is 14.6 Å². The molecule has 0 bridgehead atoms. The lowest BCUT2D eigenvalue weighted by Crippen LogP contribution is -2.53. The molecule has 2 atom stereocenters. The van der Waals surface area contributed by atoms with Gasteiger partial charge in [-0.15, -0.1) is 0 Å². The second-order valence-electron chi connectivity index (χ2n) is 6.43. The van der Waals surface area contributed by atoms with Crippen molar-refractivity contribution < 1.29 is 13.5 Å². The molecule has 0 spiro atoms. The number of nitrogens with one attached hydrogen (secondary N) is 3. The fourth-order valence-electron chi connectivity index (χ4n) is 3.01. The maximum Gasteiger partial charge on any atom is 0.279 e. The SMILES string of the molecule is CSNCC1OCCN(c2cc(-c3cnc(/C=C\C(=N)C(F)F)[nH]3)ncn2)C1C. The summed E-state index contributed by atoms with van der Waals surface area (Å²) in [4.78, 5) is 18.0. The van der Waals surface area contributed by atoms with Crippen LogP contribution >= 0.6 is 11.9 Å². The van der Waals surface area contributed by atoms with Gasteiger partial charge in [-0.1, -0.05) is 11.9 Å². The monoisotopic (exact) mass is 423 g/mol. The van der Waals surface area contributed by atoms with Crippen LogP contribution < -0.4 is 9.62 Å². The summed E-state index contributed by atoms with van der Waals surface area (Å²) in [6.07, 6.45) is 4.65. The summed E-state index contributed by atoms with van der Waals surface area (Å²) in [5.41, 5.74) is 0.515. The van der Waals surface area contributed by atoms with Crippen LogP contribution in [0.3, 0.4) is 0 Å². The normalized spacial score (nSPS) is 20.0. The molecule has 3 rings (SSSR count). The molecule has 8 nitrogen and oxygen atoms in total. The molecule has 11 heteroatoms. The lowest BCUT2D eigenvalue weighted by atomic mass is 10.1.